The van der Waals surface area contributed by atoms with Gasteiger partial charge in [-0.2, -0.15) is 12.7 Å². The third-order valence-corrected chi connectivity index (χ3v) is 12.3. The molecular formula is C30H43N5O8S3. The van der Waals surface area contributed by atoms with Crippen LogP contribution in [0.2, 0.25) is 0 Å². The lowest BCUT2D eigenvalue weighted by atomic mass is 10.0. The molecule has 0 unspecified atom stereocenters. The number of anilines is 1. The van der Waals surface area contributed by atoms with Crippen LogP contribution in [0.15, 0.2) is 57.5 Å². The number of hydrogen-bond donors (Lipinski definition) is 2. The molecule has 4 rings (SSSR count). The number of aliphatic hydroxyl groups is 1. The fourth-order valence-corrected chi connectivity index (χ4v) is 8.52. The van der Waals surface area contributed by atoms with Gasteiger partial charge in [-0.3, -0.25) is 9.52 Å². The highest BCUT2D eigenvalue weighted by Gasteiger charge is 2.33. The average molecular weight is 698 g/mol. The van der Waals surface area contributed by atoms with E-state index in [1.807, 2.05) is 13.8 Å². The minimum atomic E-state index is -4.04. The summed E-state index contributed by atoms with van der Waals surface area (Å²) in [6.45, 7) is 5.71. The number of likely N-dealkylation sites (N-methyl/N-ethyl adjacent to an activating group) is 1. The lowest BCUT2D eigenvalue weighted by Crippen LogP contribution is -2.48. The normalized spacial score (nSPS) is 21.3. The standard InChI is InChI=1S/C30H43N5O8S3/c1-21-16-35(22(2)19-36)30(37)25-15-24(32-45(38,39)28-18-33(4)20-31-28)11-12-26(25)43-23(3)9-6-7-13-42-27(21)17-34(5)46(40,41)29-10-8-14-44-29/h8,10-12,14-15,18,20-23,27,32,36H,6-7,9,13,16-17,19H2,1-5H3/t21-,22+,23+,27-/m0/s1. The molecule has 1 aromatic carbocycles. The number of aromatic nitrogens is 2. The molecule has 3 heterocycles. The molecule has 0 saturated carbocycles. The van der Waals surface area contributed by atoms with Crippen LogP contribution < -0.4 is 9.46 Å². The Labute approximate surface area is 275 Å². The second kappa shape index (κ2) is 15.3. The van der Waals surface area contributed by atoms with Crippen molar-refractivity contribution in [2.45, 2.75) is 67.5 Å². The molecule has 0 fully saturated rings. The molecule has 2 aromatic heterocycles. The molecule has 0 radical (unpaired) electrons. The first-order chi connectivity index (χ1) is 21.7. The monoisotopic (exact) mass is 697 g/mol. The quantitative estimate of drug-likeness (QED) is 0.342. The highest BCUT2D eigenvalue weighted by Crippen LogP contribution is 2.30. The first-order valence-corrected chi connectivity index (χ1v) is 18.9. The van der Waals surface area contributed by atoms with Crippen molar-refractivity contribution >= 4 is 43.0 Å². The molecule has 1 aliphatic heterocycles. The molecule has 254 valence electrons. The molecule has 4 atom stereocenters. The molecule has 0 spiro atoms. The number of ether oxygens (including phenoxy) is 2. The Balaban J connectivity index is 1.68. The largest absolute Gasteiger partial charge is 0.490 e. The van der Waals surface area contributed by atoms with Crippen LogP contribution in [0.25, 0.3) is 0 Å². The summed E-state index contributed by atoms with van der Waals surface area (Å²) in [5.41, 5.74) is 0.258. The molecule has 2 N–H and O–H groups in total. The average Bonchev–Trinajstić information content (AvgIpc) is 3.71. The lowest BCUT2D eigenvalue weighted by Gasteiger charge is -2.35. The number of rotatable bonds is 9. The van der Waals surface area contributed by atoms with E-state index in [4.69, 9.17) is 9.47 Å². The zero-order chi connectivity index (χ0) is 33.6. The Morgan fingerprint density at radius 3 is 2.61 bits per heavy atom. The summed E-state index contributed by atoms with van der Waals surface area (Å²) in [6, 6.07) is 7.13. The van der Waals surface area contributed by atoms with E-state index in [2.05, 4.69) is 9.71 Å². The molecular weight excluding hydrogens is 655 g/mol. The number of thiophene rings is 1. The first kappa shape index (κ1) is 35.8. The van der Waals surface area contributed by atoms with Crippen molar-refractivity contribution in [1.29, 1.82) is 0 Å². The minimum absolute atomic E-state index is 0.0620. The number of carbonyl (C=O) groups excluding carboxylic acids is 1. The Bertz CT molecular complexity index is 1680. The van der Waals surface area contributed by atoms with E-state index < -0.39 is 38.1 Å². The van der Waals surface area contributed by atoms with E-state index in [9.17, 15) is 26.7 Å². The van der Waals surface area contributed by atoms with Crippen LogP contribution in [0.4, 0.5) is 5.69 Å². The van der Waals surface area contributed by atoms with Gasteiger partial charge in [0.1, 0.15) is 9.96 Å². The Morgan fingerprint density at radius 1 is 1.20 bits per heavy atom. The number of imidazole rings is 1. The predicted octanol–water partition coefficient (Wildman–Crippen LogP) is 3.40. The Kier molecular flexibility index (Phi) is 11.9. The number of carbonyl (C=O) groups is 1. The van der Waals surface area contributed by atoms with Gasteiger partial charge in [-0.15, -0.1) is 11.3 Å². The van der Waals surface area contributed by atoms with Crippen molar-refractivity contribution in [2.75, 3.05) is 38.1 Å². The summed E-state index contributed by atoms with van der Waals surface area (Å²) in [7, 11) is -4.61. The van der Waals surface area contributed by atoms with Gasteiger partial charge in [0.2, 0.25) is 0 Å². The van der Waals surface area contributed by atoms with Crippen molar-refractivity contribution < 1.29 is 36.2 Å². The number of hydrogen-bond acceptors (Lipinski definition) is 10. The van der Waals surface area contributed by atoms with Crippen LogP contribution >= 0.6 is 11.3 Å². The topological polar surface area (TPSA) is 160 Å². The fourth-order valence-electron chi connectivity index (χ4n) is 5.10. The number of benzene rings is 1. The van der Waals surface area contributed by atoms with Gasteiger partial charge in [-0.25, -0.2) is 13.4 Å². The van der Waals surface area contributed by atoms with Crippen LogP contribution in [0, 0.1) is 5.92 Å². The zero-order valence-electron chi connectivity index (χ0n) is 26.7. The summed E-state index contributed by atoms with van der Waals surface area (Å²) in [4.78, 5) is 19.7. The third kappa shape index (κ3) is 8.66. The van der Waals surface area contributed by atoms with Crippen molar-refractivity contribution in [2.24, 2.45) is 13.0 Å². The predicted molar refractivity (Wildman–Crippen MR) is 175 cm³/mol. The number of fused-ring (bicyclic) bond motifs is 1. The molecule has 3 aromatic rings. The molecule has 1 aliphatic rings. The molecule has 0 bridgehead atoms. The third-order valence-electron chi connectivity index (χ3n) is 7.86. The molecule has 16 heteroatoms. The van der Waals surface area contributed by atoms with Gasteiger partial charge >= 0.3 is 0 Å². The number of nitrogens with one attached hydrogen (secondary N) is 1. The van der Waals surface area contributed by atoms with Crippen LogP contribution in [0.1, 0.15) is 50.4 Å². The number of nitrogens with zero attached hydrogens (tertiary/aromatic N) is 4. The zero-order valence-corrected chi connectivity index (χ0v) is 29.1. The second-order valence-electron chi connectivity index (χ2n) is 11.7. The van der Waals surface area contributed by atoms with Gasteiger partial charge in [0.25, 0.3) is 26.0 Å². The first-order valence-electron chi connectivity index (χ1n) is 15.1. The van der Waals surface area contributed by atoms with Gasteiger partial charge in [0.05, 0.1) is 36.7 Å². The molecule has 46 heavy (non-hydrogen) atoms. The maximum atomic E-state index is 14.3. The summed E-state index contributed by atoms with van der Waals surface area (Å²) >= 11 is 1.14. The van der Waals surface area contributed by atoms with Crippen molar-refractivity contribution in [3.63, 3.8) is 0 Å². The highest BCUT2D eigenvalue weighted by atomic mass is 32.2. The van der Waals surface area contributed by atoms with Crippen LogP contribution in [-0.2, 0) is 31.8 Å². The van der Waals surface area contributed by atoms with Crippen LogP contribution in [0.5, 0.6) is 5.75 Å². The van der Waals surface area contributed by atoms with Gasteiger partial charge in [0.15, 0.2) is 5.03 Å². The van der Waals surface area contributed by atoms with E-state index in [0.29, 0.717) is 13.0 Å². The van der Waals surface area contributed by atoms with E-state index in [-0.39, 0.29) is 58.0 Å². The van der Waals surface area contributed by atoms with E-state index in [1.165, 1.54) is 45.5 Å². The summed E-state index contributed by atoms with van der Waals surface area (Å²) in [6.07, 6.45) is 4.05. The maximum absolute atomic E-state index is 14.3. The highest BCUT2D eigenvalue weighted by molar-refractivity contribution is 7.92. The maximum Gasteiger partial charge on any atom is 0.280 e. The Morgan fingerprint density at radius 2 is 1.96 bits per heavy atom. The minimum Gasteiger partial charge on any atom is -0.490 e. The molecule has 0 aliphatic carbocycles. The number of amides is 1. The summed E-state index contributed by atoms with van der Waals surface area (Å²) in [5.74, 6) is -0.548. The molecule has 1 amide bonds. The number of sulfonamides is 2. The van der Waals surface area contributed by atoms with Crippen molar-refractivity contribution in [3.05, 3.63) is 53.8 Å². The number of aryl methyl sites for hydroxylation is 1. The second-order valence-corrected chi connectivity index (χ2v) is 16.6. The summed E-state index contributed by atoms with van der Waals surface area (Å²) < 4.78 is 70.5. The van der Waals surface area contributed by atoms with E-state index >= 15 is 0 Å². The number of aliphatic hydroxyl groups excluding tert-OH is 1. The fraction of sp³-hybridized carbons (Fsp3) is 0.533. The van der Waals surface area contributed by atoms with Gasteiger partial charge in [0, 0.05) is 51.6 Å². The van der Waals surface area contributed by atoms with E-state index in [1.54, 1.807) is 37.6 Å². The van der Waals surface area contributed by atoms with Crippen LogP contribution in [-0.4, -0.2) is 98.2 Å². The van der Waals surface area contributed by atoms with Crippen molar-refractivity contribution in [1.82, 2.24) is 18.8 Å². The van der Waals surface area contributed by atoms with E-state index in [0.717, 1.165) is 24.2 Å². The Hall–Kier alpha value is -3.02. The van der Waals surface area contributed by atoms with Gasteiger partial charge in [-0.05, 0) is 62.8 Å². The smallest absolute Gasteiger partial charge is 0.280 e. The van der Waals surface area contributed by atoms with Crippen LogP contribution in [0.3, 0.4) is 0 Å². The van der Waals surface area contributed by atoms with Gasteiger partial charge in [-0.1, -0.05) is 13.0 Å². The molecule has 13 nitrogen and oxygen atoms in total. The van der Waals surface area contributed by atoms with Gasteiger partial charge < -0.3 is 24.0 Å². The summed E-state index contributed by atoms with van der Waals surface area (Å²) in [5, 5.41) is 11.7. The van der Waals surface area contributed by atoms with Crippen molar-refractivity contribution in [3.8, 4) is 5.75 Å². The lowest BCUT2D eigenvalue weighted by molar-refractivity contribution is -0.00832. The SMILES string of the molecule is C[C@@H]1CCCCO[C@@H](CN(C)S(=O)(=O)c2cccs2)[C@@H](C)CN([C@H](C)CO)C(=O)c2cc(NS(=O)(=O)c3cn(C)cn3)ccc2O1. The molecule has 0 saturated heterocycles.